The molecule has 0 aromatic heterocycles. The molecule has 1 saturated heterocycles. The fourth-order valence-corrected chi connectivity index (χ4v) is 3.03. The maximum Gasteiger partial charge on any atom is 0.228 e. The SMILES string of the molecule is Cc1ccc([C@@H]2C(=O)NCC[C@H]2c2ccccc2)cc1. The standard InChI is InChI=1S/C18H19NO/c1-13-7-9-15(10-8-13)17-16(11-12-19-18(17)20)14-5-3-2-4-6-14/h2-10,16-17H,11-12H2,1H3,(H,19,20)/t16-,17-/m0/s1. The van der Waals surface area contributed by atoms with Crippen LogP contribution in [0.5, 0.6) is 0 Å². The zero-order valence-corrected chi connectivity index (χ0v) is 11.7. The van der Waals surface area contributed by atoms with E-state index in [4.69, 9.17) is 0 Å². The number of nitrogens with one attached hydrogen (secondary N) is 1. The van der Waals surface area contributed by atoms with E-state index in [9.17, 15) is 4.79 Å². The number of aryl methyl sites for hydroxylation is 1. The van der Waals surface area contributed by atoms with Gasteiger partial charge >= 0.3 is 0 Å². The van der Waals surface area contributed by atoms with Gasteiger partial charge in [0.1, 0.15) is 0 Å². The molecular formula is C18H19NO. The minimum atomic E-state index is -0.0771. The van der Waals surface area contributed by atoms with Crippen LogP contribution in [0.1, 0.15) is 34.9 Å². The third kappa shape index (κ3) is 2.46. The van der Waals surface area contributed by atoms with Crippen molar-refractivity contribution in [3.63, 3.8) is 0 Å². The van der Waals surface area contributed by atoms with Crippen LogP contribution in [0.3, 0.4) is 0 Å². The van der Waals surface area contributed by atoms with Crippen LogP contribution in [0, 0.1) is 6.92 Å². The number of piperidine rings is 1. The van der Waals surface area contributed by atoms with Gasteiger partial charge in [-0.2, -0.15) is 0 Å². The molecule has 2 atom stereocenters. The molecule has 2 aromatic carbocycles. The van der Waals surface area contributed by atoms with Crippen molar-refractivity contribution in [3.05, 3.63) is 71.3 Å². The highest BCUT2D eigenvalue weighted by Crippen LogP contribution is 2.37. The van der Waals surface area contributed by atoms with Gasteiger partial charge in [0, 0.05) is 12.5 Å². The van der Waals surface area contributed by atoms with E-state index in [1.807, 2.05) is 18.2 Å². The molecule has 1 heterocycles. The molecule has 1 aliphatic heterocycles. The van der Waals surface area contributed by atoms with Crippen molar-refractivity contribution in [3.8, 4) is 0 Å². The molecule has 1 fully saturated rings. The average Bonchev–Trinajstić information content (AvgIpc) is 2.49. The van der Waals surface area contributed by atoms with Crippen molar-refractivity contribution in [1.82, 2.24) is 5.32 Å². The lowest BCUT2D eigenvalue weighted by atomic mass is 9.77. The molecule has 102 valence electrons. The average molecular weight is 265 g/mol. The van der Waals surface area contributed by atoms with E-state index >= 15 is 0 Å². The largest absolute Gasteiger partial charge is 0.356 e. The highest BCUT2D eigenvalue weighted by Gasteiger charge is 2.33. The summed E-state index contributed by atoms with van der Waals surface area (Å²) in [5.41, 5.74) is 3.59. The smallest absolute Gasteiger partial charge is 0.228 e. The maximum absolute atomic E-state index is 12.4. The van der Waals surface area contributed by atoms with Gasteiger partial charge in [0.2, 0.25) is 5.91 Å². The second-order valence-corrected chi connectivity index (χ2v) is 5.49. The van der Waals surface area contributed by atoms with Crippen molar-refractivity contribution in [2.45, 2.75) is 25.2 Å². The predicted molar refractivity (Wildman–Crippen MR) is 80.7 cm³/mol. The van der Waals surface area contributed by atoms with Gasteiger partial charge in [-0.1, -0.05) is 60.2 Å². The summed E-state index contributed by atoms with van der Waals surface area (Å²) in [6.45, 7) is 2.83. The van der Waals surface area contributed by atoms with Gasteiger partial charge in [-0.15, -0.1) is 0 Å². The predicted octanol–water partition coefficient (Wildman–Crippen LogP) is 3.38. The van der Waals surface area contributed by atoms with E-state index in [1.165, 1.54) is 11.1 Å². The maximum atomic E-state index is 12.4. The Bertz CT molecular complexity index is 589. The molecule has 1 N–H and O–H groups in total. The molecule has 0 spiro atoms. The first kappa shape index (κ1) is 12.9. The molecule has 3 rings (SSSR count). The van der Waals surface area contributed by atoms with Crippen LogP contribution in [0.2, 0.25) is 0 Å². The lowest BCUT2D eigenvalue weighted by Gasteiger charge is -2.32. The summed E-state index contributed by atoms with van der Waals surface area (Å²) in [7, 11) is 0. The fraction of sp³-hybridized carbons (Fsp3) is 0.278. The molecule has 1 aliphatic rings. The summed E-state index contributed by atoms with van der Waals surface area (Å²) >= 11 is 0. The van der Waals surface area contributed by atoms with E-state index < -0.39 is 0 Å². The Labute approximate surface area is 119 Å². The van der Waals surface area contributed by atoms with Gasteiger partial charge in [0.05, 0.1) is 5.92 Å². The van der Waals surface area contributed by atoms with Gasteiger partial charge in [-0.05, 0) is 24.5 Å². The van der Waals surface area contributed by atoms with Gasteiger partial charge in [0.15, 0.2) is 0 Å². The molecule has 0 radical (unpaired) electrons. The second-order valence-electron chi connectivity index (χ2n) is 5.49. The van der Waals surface area contributed by atoms with Crippen molar-refractivity contribution >= 4 is 5.91 Å². The fourth-order valence-electron chi connectivity index (χ4n) is 3.03. The van der Waals surface area contributed by atoms with Crippen molar-refractivity contribution < 1.29 is 4.79 Å². The summed E-state index contributed by atoms with van der Waals surface area (Å²) in [6.07, 6.45) is 0.994. The molecule has 0 aliphatic carbocycles. The molecule has 0 saturated carbocycles. The van der Waals surface area contributed by atoms with Gasteiger partial charge < -0.3 is 5.32 Å². The highest BCUT2D eigenvalue weighted by molar-refractivity contribution is 5.85. The third-order valence-electron chi connectivity index (χ3n) is 4.10. The quantitative estimate of drug-likeness (QED) is 0.886. The minimum Gasteiger partial charge on any atom is -0.356 e. The van der Waals surface area contributed by atoms with Crippen molar-refractivity contribution in [1.29, 1.82) is 0 Å². The molecule has 2 aromatic rings. The van der Waals surface area contributed by atoms with E-state index in [0.29, 0.717) is 0 Å². The monoisotopic (exact) mass is 265 g/mol. The van der Waals surface area contributed by atoms with Crippen LogP contribution in [-0.2, 0) is 4.79 Å². The van der Waals surface area contributed by atoms with Crippen LogP contribution >= 0.6 is 0 Å². The minimum absolute atomic E-state index is 0.0771. The van der Waals surface area contributed by atoms with E-state index in [-0.39, 0.29) is 17.7 Å². The van der Waals surface area contributed by atoms with Gasteiger partial charge in [0.25, 0.3) is 0 Å². The second kappa shape index (κ2) is 5.49. The summed E-state index contributed by atoms with van der Waals surface area (Å²) in [5, 5.41) is 3.01. The number of carbonyl (C=O) groups is 1. The Kier molecular flexibility index (Phi) is 3.55. The van der Waals surface area contributed by atoms with E-state index in [1.54, 1.807) is 0 Å². The Hall–Kier alpha value is -2.09. The Morgan fingerprint density at radius 1 is 0.950 bits per heavy atom. The number of benzene rings is 2. The number of rotatable bonds is 2. The number of hydrogen-bond donors (Lipinski definition) is 1. The van der Waals surface area contributed by atoms with Crippen LogP contribution in [0.15, 0.2) is 54.6 Å². The zero-order chi connectivity index (χ0) is 13.9. The summed E-state index contributed by atoms with van der Waals surface area (Å²) < 4.78 is 0. The first-order chi connectivity index (χ1) is 9.75. The molecule has 0 bridgehead atoms. The Balaban J connectivity index is 1.99. The van der Waals surface area contributed by atoms with Gasteiger partial charge in [-0.25, -0.2) is 0 Å². The van der Waals surface area contributed by atoms with Crippen LogP contribution < -0.4 is 5.32 Å². The van der Waals surface area contributed by atoms with Crippen LogP contribution in [-0.4, -0.2) is 12.5 Å². The first-order valence-electron chi connectivity index (χ1n) is 7.15. The van der Waals surface area contributed by atoms with Crippen molar-refractivity contribution in [2.75, 3.05) is 6.54 Å². The van der Waals surface area contributed by atoms with Crippen LogP contribution in [0.25, 0.3) is 0 Å². The highest BCUT2D eigenvalue weighted by atomic mass is 16.1. The zero-order valence-electron chi connectivity index (χ0n) is 11.7. The summed E-state index contributed by atoms with van der Waals surface area (Å²) in [4.78, 5) is 12.4. The molecule has 1 amide bonds. The normalized spacial score (nSPS) is 22.4. The Morgan fingerprint density at radius 3 is 2.35 bits per heavy atom. The number of hydrogen-bond acceptors (Lipinski definition) is 1. The Morgan fingerprint density at radius 2 is 1.65 bits per heavy atom. The van der Waals surface area contributed by atoms with Gasteiger partial charge in [-0.3, -0.25) is 4.79 Å². The third-order valence-corrected chi connectivity index (χ3v) is 4.10. The lowest BCUT2D eigenvalue weighted by Crippen LogP contribution is -2.39. The van der Waals surface area contributed by atoms with Crippen LogP contribution in [0.4, 0.5) is 0 Å². The molecular weight excluding hydrogens is 246 g/mol. The molecule has 2 heteroatoms. The molecule has 0 unspecified atom stereocenters. The summed E-state index contributed by atoms with van der Waals surface area (Å²) in [6, 6.07) is 18.7. The van der Waals surface area contributed by atoms with Crippen molar-refractivity contribution in [2.24, 2.45) is 0 Å². The molecule has 2 nitrogen and oxygen atoms in total. The number of amides is 1. The topological polar surface area (TPSA) is 29.1 Å². The van der Waals surface area contributed by atoms with E-state index in [2.05, 4.69) is 48.6 Å². The molecule has 20 heavy (non-hydrogen) atoms. The number of carbonyl (C=O) groups excluding carboxylic acids is 1. The summed E-state index contributed by atoms with van der Waals surface area (Å²) in [5.74, 6) is 0.341. The van der Waals surface area contributed by atoms with E-state index in [0.717, 1.165) is 18.5 Å². The lowest BCUT2D eigenvalue weighted by molar-refractivity contribution is -0.124. The first-order valence-corrected chi connectivity index (χ1v) is 7.15.